The van der Waals surface area contributed by atoms with Gasteiger partial charge < -0.3 is 14.1 Å². The van der Waals surface area contributed by atoms with E-state index in [0.717, 1.165) is 72.7 Å². The van der Waals surface area contributed by atoms with Crippen molar-refractivity contribution in [3.05, 3.63) is 181 Å². The number of anilines is 3. The highest BCUT2D eigenvalue weighted by atomic mass is 32.1. The second kappa shape index (κ2) is 12.8. The van der Waals surface area contributed by atoms with Gasteiger partial charge >= 0.3 is 0 Å². The van der Waals surface area contributed by atoms with Crippen LogP contribution in [-0.2, 0) is 6.42 Å². The first-order valence-electron chi connectivity index (χ1n) is 17.7. The molecule has 0 fully saturated rings. The summed E-state index contributed by atoms with van der Waals surface area (Å²) in [4.78, 5) is 3.60. The minimum Gasteiger partial charge on any atom is -0.492 e. The molecule has 248 valence electrons. The maximum absolute atomic E-state index is 6.56. The van der Waals surface area contributed by atoms with Gasteiger partial charge in [0.05, 0.1) is 6.61 Å². The first-order chi connectivity index (χ1) is 25.8. The van der Waals surface area contributed by atoms with Crippen LogP contribution in [0.1, 0.15) is 5.56 Å². The molecule has 0 bridgehead atoms. The van der Waals surface area contributed by atoms with Crippen molar-refractivity contribution in [2.45, 2.75) is 6.42 Å². The number of benzene rings is 7. The van der Waals surface area contributed by atoms with E-state index in [1.54, 1.807) is 11.3 Å². The Bertz CT molecular complexity index is 2710. The predicted octanol–water partition coefficient (Wildman–Crippen LogP) is 13.7. The third-order valence-electron chi connectivity index (χ3n) is 10.0. The number of hydrogen-bond acceptors (Lipinski definition) is 4. The Morgan fingerprint density at radius 1 is 0.481 bits per heavy atom. The fourth-order valence-electron chi connectivity index (χ4n) is 7.53. The van der Waals surface area contributed by atoms with Gasteiger partial charge in [-0.15, -0.1) is 11.3 Å². The Morgan fingerprint density at radius 2 is 1.21 bits per heavy atom. The van der Waals surface area contributed by atoms with Gasteiger partial charge in [-0.05, 0) is 93.5 Å². The zero-order valence-electron chi connectivity index (χ0n) is 28.3. The van der Waals surface area contributed by atoms with E-state index in [2.05, 4.69) is 175 Å². The summed E-state index contributed by atoms with van der Waals surface area (Å²) in [7, 11) is 0. The van der Waals surface area contributed by atoms with Gasteiger partial charge in [0, 0.05) is 39.0 Å². The van der Waals surface area contributed by atoms with Gasteiger partial charge in [0.15, 0.2) is 0 Å². The van der Waals surface area contributed by atoms with E-state index in [1.165, 1.54) is 27.1 Å². The zero-order chi connectivity index (χ0) is 34.4. The monoisotopic (exact) mass is 687 g/mol. The van der Waals surface area contributed by atoms with Crippen molar-refractivity contribution in [3.8, 4) is 49.6 Å². The SMILES string of the molecule is c1ccc(-c2ccc(N(c3cccc(-c4cc(-c5cccc6c5OCC6)c5c(c4)oc4ccccc45)c3)c3ccc(-c4ccccc4)s3)cc2)cc1. The summed E-state index contributed by atoms with van der Waals surface area (Å²) in [5.41, 5.74) is 13.2. The molecule has 0 saturated carbocycles. The molecule has 0 atom stereocenters. The van der Waals surface area contributed by atoms with E-state index in [1.807, 2.05) is 6.07 Å². The lowest BCUT2D eigenvalue weighted by molar-refractivity contribution is 0.358. The number of fused-ring (bicyclic) bond motifs is 4. The van der Waals surface area contributed by atoms with Crippen molar-refractivity contribution < 1.29 is 9.15 Å². The third kappa shape index (κ3) is 5.36. The number of hydrogen-bond donors (Lipinski definition) is 0. The zero-order valence-corrected chi connectivity index (χ0v) is 29.1. The van der Waals surface area contributed by atoms with Gasteiger partial charge in [-0.3, -0.25) is 0 Å². The van der Waals surface area contributed by atoms with E-state index < -0.39 is 0 Å². The second-order valence-electron chi connectivity index (χ2n) is 13.2. The van der Waals surface area contributed by atoms with Crippen LogP contribution in [0.25, 0.3) is 65.8 Å². The maximum Gasteiger partial charge on any atom is 0.136 e. The van der Waals surface area contributed by atoms with Crippen LogP contribution in [0.2, 0.25) is 0 Å². The number of ether oxygens (including phenoxy) is 1. The highest BCUT2D eigenvalue weighted by Gasteiger charge is 2.23. The molecule has 0 N–H and O–H groups in total. The molecular weight excluding hydrogens is 655 g/mol. The molecule has 0 saturated heterocycles. The minimum atomic E-state index is 0.709. The molecule has 0 aliphatic carbocycles. The number of para-hydroxylation sites is 2. The summed E-state index contributed by atoms with van der Waals surface area (Å²) >= 11 is 1.80. The van der Waals surface area contributed by atoms with Gasteiger partial charge in [-0.1, -0.05) is 121 Å². The van der Waals surface area contributed by atoms with Gasteiger partial charge in [-0.2, -0.15) is 0 Å². The number of thiophene rings is 1. The minimum absolute atomic E-state index is 0.709. The van der Waals surface area contributed by atoms with Crippen LogP contribution in [0, 0.1) is 0 Å². The average Bonchev–Trinajstić information content (AvgIpc) is 3.98. The highest BCUT2D eigenvalue weighted by molar-refractivity contribution is 7.19. The summed E-state index contributed by atoms with van der Waals surface area (Å²) in [5.74, 6) is 0.983. The van der Waals surface area contributed by atoms with Crippen molar-refractivity contribution >= 4 is 49.7 Å². The van der Waals surface area contributed by atoms with E-state index in [9.17, 15) is 0 Å². The average molecular weight is 688 g/mol. The van der Waals surface area contributed by atoms with Gasteiger partial charge in [-0.25, -0.2) is 0 Å². The Balaban J connectivity index is 1.13. The van der Waals surface area contributed by atoms with Crippen LogP contribution in [0.15, 0.2) is 180 Å². The van der Waals surface area contributed by atoms with Crippen LogP contribution in [0.4, 0.5) is 16.4 Å². The Morgan fingerprint density at radius 3 is 2.06 bits per heavy atom. The summed E-state index contributed by atoms with van der Waals surface area (Å²) in [6.07, 6.45) is 0.928. The molecule has 2 aromatic heterocycles. The lowest BCUT2D eigenvalue weighted by Gasteiger charge is -2.24. The van der Waals surface area contributed by atoms with Crippen molar-refractivity contribution in [2.24, 2.45) is 0 Å². The van der Waals surface area contributed by atoms with Crippen LogP contribution in [-0.4, -0.2) is 6.61 Å². The van der Waals surface area contributed by atoms with E-state index in [0.29, 0.717) is 6.61 Å². The quantitative estimate of drug-likeness (QED) is 0.167. The second-order valence-corrected chi connectivity index (χ2v) is 14.3. The van der Waals surface area contributed by atoms with Crippen molar-refractivity contribution in [3.63, 3.8) is 0 Å². The van der Waals surface area contributed by atoms with E-state index in [-0.39, 0.29) is 0 Å². The molecule has 0 amide bonds. The summed E-state index contributed by atoms with van der Waals surface area (Å²) in [5, 5.41) is 3.38. The lowest BCUT2D eigenvalue weighted by Crippen LogP contribution is -2.08. The first-order valence-corrected chi connectivity index (χ1v) is 18.5. The molecule has 4 heteroatoms. The van der Waals surface area contributed by atoms with Gasteiger partial charge in [0.25, 0.3) is 0 Å². The standard InChI is InChI=1S/C48H33NO2S/c1-3-11-32(12-4-1)33-21-23-38(24-22-33)49(46-26-25-45(52-46)34-13-5-2-6-14-34)39-17-9-16-36(29-39)37-30-42(40-19-10-15-35-27-28-50-48(35)40)47-41-18-7-8-20-43(41)51-44(47)31-37/h1-26,29-31H,27-28H2. The largest absolute Gasteiger partial charge is 0.492 e. The van der Waals surface area contributed by atoms with Crippen LogP contribution in [0.5, 0.6) is 5.75 Å². The fraction of sp³-hybridized carbons (Fsp3) is 0.0417. The Labute approximate surface area is 306 Å². The molecule has 52 heavy (non-hydrogen) atoms. The maximum atomic E-state index is 6.56. The highest BCUT2D eigenvalue weighted by Crippen LogP contribution is 2.47. The Hall–Kier alpha value is -6.36. The molecule has 3 heterocycles. The molecule has 0 radical (unpaired) electrons. The predicted molar refractivity (Wildman–Crippen MR) is 217 cm³/mol. The number of nitrogens with zero attached hydrogens (tertiary/aromatic N) is 1. The summed E-state index contributed by atoms with van der Waals surface area (Å²) < 4.78 is 12.8. The third-order valence-corrected chi connectivity index (χ3v) is 11.1. The molecule has 0 spiro atoms. The number of furan rings is 1. The van der Waals surface area contributed by atoms with Crippen molar-refractivity contribution in [2.75, 3.05) is 11.5 Å². The molecule has 10 rings (SSSR count). The van der Waals surface area contributed by atoms with Crippen LogP contribution >= 0.6 is 11.3 Å². The van der Waals surface area contributed by atoms with Crippen LogP contribution in [0.3, 0.4) is 0 Å². The topological polar surface area (TPSA) is 25.6 Å². The normalized spacial score (nSPS) is 12.2. The van der Waals surface area contributed by atoms with Gasteiger partial charge in [0.1, 0.15) is 21.9 Å². The summed E-state index contributed by atoms with van der Waals surface area (Å²) in [6, 6.07) is 62.7. The molecule has 7 aromatic carbocycles. The lowest BCUT2D eigenvalue weighted by atomic mass is 9.93. The molecule has 1 aliphatic rings. The first kappa shape index (κ1) is 30.5. The van der Waals surface area contributed by atoms with E-state index in [4.69, 9.17) is 9.15 Å². The fourth-order valence-corrected chi connectivity index (χ4v) is 8.58. The molecular formula is C48H33NO2S. The van der Waals surface area contributed by atoms with Gasteiger partial charge in [0.2, 0.25) is 0 Å². The van der Waals surface area contributed by atoms with Crippen molar-refractivity contribution in [1.29, 1.82) is 0 Å². The molecule has 3 nitrogen and oxygen atoms in total. The molecule has 1 aliphatic heterocycles. The number of rotatable bonds is 7. The van der Waals surface area contributed by atoms with E-state index >= 15 is 0 Å². The molecule has 0 unspecified atom stereocenters. The Kier molecular flexibility index (Phi) is 7.47. The van der Waals surface area contributed by atoms with Crippen LogP contribution < -0.4 is 9.64 Å². The smallest absolute Gasteiger partial charge is 0.136 e. The molecule has 9 aromatic rings. The summed E-state index contributed by atoms with van der Waals surface area (Å²) in [6.45, 7) is 0.709. The van der Waals surface area contributed by atoms with Crippen molar-refractivity contribution in [1.82, 2.24) is 0 Å².